The fraction of sp³-hybridized carbons (Fsp3) is 0.250. The number of fused-ring (bicyclic) bond motifs is 1. The summed E-state index contributed by atoms with van der Waals surface area (Å²) in [4.78, 5) is 4.23. The molecule has 16 heavy (non-hydrogen) atoms. The van der Waals surface area contributed by atoms with Gasteiger partial charge < -0.3 is 5.11 Å². The van der Waals surface area contributed by atoms with E-state index in [9.17, 15) is 9.50 Å². The quantitative estimate of drug-likeness (QED) is 0.815. The summed E-state index contributed by atoms with van der Waals surface area (Å²) < 4.78 is 14.0. The lowest BCUT2D eigenvalue weighted by atomic mass is 10.0. The van der Waals surface area contributed by atoms with E-state index in [1.807, 2.05) is 6.92 Å². The second-order valence-electron chi connectivity index (χ2n) is 3.78. The Morgan fingerprint density at radius 3 is 2.69 bits per heavy atom. The minimum Gasteiger partial charge on any atom is -0.392 e. The predicted octanol–water partition coefficient (Wildman–Crippen LogP) is 3.25. The highest BCUT2D eigenvalue weighted by Crippen LogP contribution is 2.27. The maximum absolute atomic E-state index is 13.4. The van der Waals surface area contributed by atoms with Gasteiger partial charge in [-0.2, -0.15) is 0 Å². The standard InChI is InChI=1S/C12H11BrFNO/c1-6-3-8-7(2)9(5-16)12(13)15-11(8)4-10(6)14/h3-4,16H,5H2,1-2H3. The first-order chi connectivity index (χ1) is 7.54. The van der Waals surface area contributed by atoms with Gasteiger partial charge in [-0.3, -0.25) is 0 Å². The number of aliphatic hydroxyl groups excluding tert-OH is 1. The van der Waals surface area contributed by atoms with Crippen LogP contribution in [0.15, 0.2) is 16.7 Å². The van der Waals surface area contributed by atoms with E-state index < -0.39 is 0 Å². The van der Waals surface area contributed by atoms with Crippen molar-refractivity contribution in [3.05, 3.63) is 39.2 Å². The first kappa shape index (κ1) is 11.5. The van der Waals surface area contributed by atoms with Crippen LogP contribution >= 0.6 is 15.9 Å². The van der Waals surface area contributed by atoms with Gasteiger partial charge in [0.2, 0.25) is 0 Å². The normalized spacial score (nSPS) is 11.1. The summed E-state index contributed by atoms with van der Waals surface area (Å²) >= 11 is 3.28. The molecule has 0 atom stereocenters. The monoisotopic (exact) mass is 283 g/mol. The van der Waals surface area contributed by atoms with E-state index in [0.717, 1.165) is 16.5 Å². The van der Waals surface area contributed by atoms with Crippen LogP contribution in [0.4, 0.5) is 4.39 Å². The second kappa shape index (κ2) is 4.11. The summed E-state index contributed by atoms with van der Waals surface area (Å²) in [6.07, 6.45) is 0. The molecular weight excluding hydrogens is 273 g/mol. The Labute approximate surface area is 101 Å². The molecule has 0 unspecified atom stereocenters. The average Bonchev–Trinajstić information content (AvgIpc) is 2.22. The van der Waals surface area contributed by atoms with Gasteiger partial charge in [0.1, 0.15) is 10.4 Å². The van der Waals surface area contributed by atoms with Crippen molar-refractivity contribution in [2.75, 3.05) is 0 Å². The maximum atomic E-state index is 13.4. The van der Waals surface area contributed by atoms with Gasteiger partial charge in [0, 0.05) is 17.0 Å². The summed E-state index contributed by atoms with van der Waals surface area (Å²) in [5.41, 5.74) is 2.87. The topological polar surface area (TPSA) is 33.1 Å². The summed E-state index contributed by atoms with van der Waals surface area (Å²) in [5.74, 6) is -0.261. The third kappa shape index (κ3) is 1.72. The maximum Gasteiger partial charge on any atom is 0.128 e. The Kier molecular flexibility index (Phi) is 2.95. The summed E-state index contributed by atoms with van der Waals surface area (Å²) in [5, 5.41) is 10.1. The first-order valence-electron chi connectivity index (χ1n) is 4.90. The van der Waals surface area contributed by atoms with E-state index >= 15 is 0 Å². The number of aryl methyl sites for hydroxylation is 2. The lowest BCUT2D eigenvalue weighted by Crippen LogP contribution is -1.97. The van der Waals surface area contributed by atoms with E-state index in [-0.39, 0.29) is 12.4 Å². The molecule has 0 amide bonds. The Morgan fingerprint density at radius 1 is 1.38 bits per heavy atom. The van der Waals surface area contributed by atoms with Crippen LogP contribution in [-0.4, -0.2) is 10.1 Å². The number of nitrogens with zero attached hydrogens (tertiary/aromatic N) is 1. The van der Waals surface area contributed by atoms with E-state index in [1.165, 1.54) is 6.07 Å². The molecule has 0 bridgehead atoms. The number of hydrogen-bond donors (Lipinski definition) is 1. The van der Waals surface area contributed by atoms with Gasteiger partial charge in [-0.05, 0) is 47.0 Å². The molecule has 84 valence electrons. The fourth-order valence-corrected chi connectivity index (χ4v) is 2.35. The molecule has 0 aliphatic carbocycles. The van der Waals surface area contributed by atoms with Crippen molar-refractivity contribution in [3.63, 3.8) is 0 Å². The van der Waals surface area contributed by atoms with Crippen LogP contribution in [-0.2, 0) is 6.61 Å². The number of aliphatic hydroxyl groups is 1. The number of hydrogen-bond acceptors (Lipinski definition) is 2. The highest BCUT2D eigenvalue weighted by atomic mass is 79.9. The van der Waals surface area contributed by atoms with Crippen LogP contribution in [0.1, 0.15) is 16.7 Å². The van der Waals surface area contributed by atoms with E-state index in [4.69, 9.17) is 0 Å². The number of aromatic nitrogens is 1. The molecule has 0 aliphatic rings. The van der Waals surface area contributed by atoms with Crippen molar-refractivity contribution in [2.24, 2.45) is 0 Å². The lowest BCUT2D eigenvalue weighted by molar-refractivity contribution is 0.280. The SMILES string of the molecule is Cc1cc2c(C)c(CO)c(Br)nc2cc1F. The Bertz CT molecular complexity index is 569. The van der Waals surface area contributed by atoms with Crippen molar-refractivity contribution in [1.82, 2.24) is 4.98 Å². The van der Waals surface area contributed by atoms with Crippen molar-refractivity contribution in [3.8, 4) is 0 Å². The summed E-state index contributed by atoms with van der Waals surface area (Å²) in [6, 6.07) is 3.18. The second-order valence-corrected chi connectivity index (χ2v) is 4.53. The Hall–Kier alpha value is -1.00. The highest BCUT2D eigenvalue weighted by Gasteiger charge is 2.11. The van der Waals surface area contributed by atoms with E-state index in [2.05, 4.69) is 20.9 Å². The zero-order valence-electron chi connectivity index (χ0n) is 9.01. The van der Waals surface area contributed by atoms with Gasteiger partial charge in [0.05, 0.1) is 12.1 Å². The molecule has 0 spiro atoms. The molecule has 2 nitrogen and oxygen atoms in total. The smallest absolute Gasteiger partial charge is 0.128 e. The average molecular weight is 284 g/mol. The lowest BCUT2D eigenvalue weighted by Gasteiger charge is -2.10. The van der Waals surface area contributed by atoms with Crippen LogP contribution in [0.2, 0.25) is 0 Å². The van der Waals surface area contributed by atoms with Crippen molar-refractivity contribution < 1.29 is 9.50 Å². The van der Waals surface area contributed by atoms with Crippen LogP contribution in [0, 0.1) is 19.7 Å². The third-order valence-corrected chi connectivity index (χ3v) is 3.42. The van der Waals surface area contributed by atoms with Crippen LogP contribution in [0.5, 0.6) is 0 Å². The fourth-order valence-electron chi connectivity index (χ4n) is 1.74. The first-order valence-corrected chi connectivity index (χ1v) is 5.69. The minimum atomic E-state index is -0.261. The predicted molar refractivity (Wildman–Crippen MR) is 64.8 cm³/mol. The summed E-state index contributed by atoms with van der Waals surface area (Å²) in [7, 11) is 0. The van der Waals surface area contributed by atoms with Crippen molar-refractivity contribution in [2.45, 2.75) is 20.5 Å². The summed E-state index contributed by atoms with van der Waals surface area (Å²) in [6.45, 7) is 3.54. The number of rotatable bonds is 1. The highest BCUT2D eigenvalue weighted by molar-refractivity contribution is 9.10. The van der Waals surface area contributed by atoms with Gasteiger partial charge in [0.25, 0.3) is 0 Å². The molecule has 2 aromatic rings. The molecule has 1 N–H and O–H groups in total. The van der Waals surface area contributed by atoms with Crippen LogP contribution in [0.25, 0.3) is 10.9 Å². The molecule has 1 aromatic carbocycles. The number of halogens is 2. The zero-order valence-corrected chi connectivity index (χ0v) is 10.6. The van der Waals surface area contributed by atoms with E-state index in [0.29, 0.717) is 15.7 Å². The van der Waals surface area contributed by atoms with Gasteiger partial charge >= 0.3 is 0 Å². The van der Waals surface area contributed by atoms with Crippen LogP contribution < -0.4 is 0 Å². The molecule has 0 radical (unpaired) electrons. The molecule has 1 aromatic heterocycles. The van der Waals surface area contributed by atoms with Crippen LogP contribution in [0.3, 0.4) is 0 Å². The number of pyridine rings is 1. The molecule has 0 aliphatic heterocycles. The molecule has 0 saturated carbocycles. The third-order valence-electron chi connectivity index (χ3n) is 2.76. The largest absolute Gasteiger partial charge is 0.392 e. The van der Waals surface area contributed by atoms with Gasteiger partial charge in [-0.1, -0.05) is 0 Å². The molecule has 2 rings (SSSR count). The Balaban J connectivity index is 2.88. The van der Waals surface area contributed by atoms with E-state index in [1.54, 1.807) is 13.0 Å². The molecule has 4 heteroatoms. The molecular formula is C12H11BrFNO. The van der Waals surface area contributed by atoms with Gasteiger partial charge in [0.15, 0.2) is 0 Å². The van der Waals surface area contributed by atoms with Gasteiger partial charge in [-0.25, -0.2) is 9.37 Å². The van der Waals surface area contributed by atoms with Crippen molar-refractivity contribution >= 4 is 26.8 Å². The van der Waals surface area contributed by atoms with Crippen molar-refractivity contribution in [1.29, 1.82) is 0 Å². The minimum absolute atomic E-state index is 0.0776. The zero-order chi connectivity index (χ0) is 11.9. The molecule has 1 heterocycles. The Morgan fingerprint density at radius 2 is 2.06 bits per heavy atom. The molecule has 0 saturated heterocycles. The molecule has 0 fully saturated rings. The van der Waals surface area contributed by atoms with Gasteiger partial charge in [-0.15, -0.1) is 0 Å². The number of benzene rings is 1.